The molecule has 0 radical (unpaired) electrons. The highest BCUT2D eigenvalue weighted by molar-refractivity contribution is 9.10. The van der Waals surface area contributed by atoms with Crippen molar-refractivity contribution in [3.8, 4) is 5.75 Å². The lowest BCUT2D eigenvalue weighted by Gasteiger charge is -2.30. The molecule has 0 aliphatic carbocycles. The van der Waals surface area contributed by atoms with Crippen LogP contribution < -0.4 is 10.1 Å². The second kappa shape index (κ2) is 11.7. The van der Waals surface area contributed by atoms with Crippen LogP contribution in [0.1, 0.15) is 38.8 Å². The van der Waals surface area contributed by atoms with Gasteiger partial charge < -0.3 is 15.0 Å². The first-order chi connectivity index (χ1) is 14.6. The van der Waals surface area contributed by atoms with E-state index in [0.717, 1.165) is 16.5 Å². The third kappa shape index (κ3) is 7.13. The van der Waals surface area contributed by atoms with E-state index in [2.05, 4.69) is 28.2 Å². The van der Waals surface area contributed by atoms with Crippen molar-refractivity contribution in [2.24, 2.45) is 0 Å². The summed E-state index contributed by atoms with van der Waals surface area (Å²) in [5, 5.41) is 3.70. The fraction of sp³-hybridized carbons (Fsp3) is 0.391. The molecule has 2 aromatic rings. The Hall–Kier alpha value is -1.76. The number of ether oxygens (including phenoxy) is 1. The van der Waals surface area contributed by atoms with Crippen LogP contribution in [0, 0.1) is 0 Å². The van der Waals surface area contributed by atoms with E-state index in [0.29, 0.717) is 21.4 Å². The fourth-order valence-corrected chi connectivity index (χ4v) is 4.00. The number of nitrogens with one attached hydrogen (secondary N) is 1. The molecule has 2 amide bonds. The number of aryl methyl sites for hydroxylation is 1. The largest absolute Gasteiger partial charge is 0.483 e. The normalized spacial score (nSPS) is 11.9. The SMILES string of the molecule is CCc1ccc(OCC(=O)N(Cc2c(Cl)cccc2Cl)[C@H](C)C(=O)NC(C)C)c(Br)c1. The first kappa shape index (κ1) is 25.5. The van der Waals surface area contributed by atoms with E-state index in [1.165, 1.54) is 4.90 Å². The molecule has 2 rings (SSSR count). The van der Waals surface area contributed by atoms with E-state index in [1.807, 2.05) is 32.0 Å². The van der Waals surface area contributed by atoms with Crippen molar-refractivity contribution in [1.82, 2.24) is 10.2 Å². The van der Waals surface area contributed by atoms with Gasteiger partial charge in [-0.3, -0.25) is 9.59 Å². The molecule has 0 unspecified atom stereocenters. The third-order valence-electron chi connectivity index (χ3n) is 4.74. The highest BCUT2D eigenvalue weighted by Crippen LogP contribution is 2.28. The van der Waals surface area contributed by atoms with Crippen molar-refractivity contribution in [2.45, 2.75) is 52.7 Å². The molecule has 0 aliphatic heterocycles. The number of rotatable bonds is 9. The number of benzene rings is 2. The summed E-state index contributed by atoms with van der Waals surface area (Å²) in [6.45, 7) is 7.32. The highest BCUT2D eigenvalue weighted by atomic mass is 79.9. The lowest BCUT2D eigenvalue weighted by molar-refractivity contribution is -0.142. The summed E-state index contributed by atoms with van der Waals surface area (Å²) in [4.78, 5) is 27.2. The Balaban J connectivity index is 2.24. The molecular weight excluding hydrogens is 503 g/mol. The summed E-state index contributed by atoms with van der Waals surface area (Å²) >= 11 is 16.1. The molecule has 0 bridgehead atoms. The van der Waals surface area contributed by atoms with E-state index in [-0.39, 0.29) is 31.0 Å². The Labute approximate surface area is 202 Å². The van der Waals surface area contributed by atoms with Gasteiger partial charge in [0.15, 0.2) is 6.61 Å². The van der Waals surface area contributed by atoms with Gasteiger partial charge in [-0.25, -0.2) is 0 Å². The van der Waals surface area contributed by atoms with Crippen molar-refractivity contribution >= 4 is 50.9 Å². The van der Waals surface area contributed by atoms with Crippen molar-refractivity contribution in [1.29, 1.82) is 0 Å². The van der Waals surface area contributed by atoms with Gasteiger partial charge in [-0.2, -0.15) is 0 Å². The molecule has 31 heavy (non-hydrogen) atoms. The fourth-order valence-electron chi connectivity index (χ4n) is 2.95. The monoisotopic (exact) mass is 528 g/mol. The maximum absolute atomic E-state index is 13.1. The minimum atomic E-state index is -0.739. The standard InChI is InChI=1S/C23H27BrCl2N2O3/c1-5-16-9-10-21(18(24)11-16)31-13-22(29)28(15(4)23(30)27-14(2)3)12-17-19(25)7-6-8-20(17)26/h6-11,14-15H,5,12-13H2,1-4H3,(H,27,30)/t15-/m1/s1. The molecule has 0 spiro atoms. The summed E-state index contributed by atoms with van der Waals surface area (Å²) in [5.74, 6) is -0.0607. The predicted octanol–water partition coefficient (Wildman–Crippen LogP) is 5.64. The molecule has 0 fully saturated rings. The van der Waals surface area contributed by atoms with E-state index < -0.39 is 6.04 Å². The lowest BCUT2D eigenvalue weighted by Crippen LogP contribution is -2.50. The quantitative estimate of drug-likeness (QED) is 0.457. The van der Waals surface area contributed by atoms with Gasteiger partial charge in [0.05, 0.1) is 4.47 Å². The number of nitrogens with zero attached hydrogens (tertiary/aromatic N) is 1. The molecule has 8 heteroatoms. The molecule has 0 aromatic heterocycles. The molecule has 1 atom stereocenters. The maximum Gasteiger partial charge on any atom is 0.261 e. The van der Waals surface area contributed by atoms with Crippen LogP contribution in [0.2, 0.25) is 10.0 Å². The molecule has 5 nitrogen and oxygen atoms in total. The summed E-state index contributed by atoms with van der Waals surface area (Å²) in [6, 6.07) is 10.1. The summed E-state index contributed by atoms with van der Waals surface area (Å²) in [6.07, 6.45) is 0.895. The average molecular weight is 530 g/mol. The lowest BCUT2D eigenvalue weighted by atomic mass is 10.1. The van der Waals surface area contributed by atoms with Crippen molar-refractivity contribution < 1.29 is 14.3 Å². The van der Waals surface area contributed by atoms with E-state index in [9.17, 15) is 9.59 Å². The topological polar surface area (TPSA) is 58.6 Å². The van der Waals surface area contributed by atoms with Crippen LogP contribution in [0.5, 0.6) is 5.75 Å². The van der Waals surface area contributed by atoms with Crippen molar-refractivity contribution in [3.05, 3.63) is 62.0 Å². The molecule has 2 aromatic carbocycles. The highest BCUT2D eigenvalue weighted by Gasteiger charge is 2.28. The van der Waals surface area contributed by atoms with Crippen LogP contribution in [0.25, 0.3) is 0 Å². The maximum atomic E-state index is 13.1. The van der Waals surface area contributed by atoms with Gasteiger partial charge in [0.1, 0.15) is 11.8 Å². The van der Waals surface area contributed by atoms with Crippen LogP contribution in [0.4, 0.5) is 0 Å². The van der Waals surface area contributed by atoms with E-state index in [4.69, 9.17) is 27.9 Å². The zero-order valence-corrected chi connectivity index (χ0v) is 21.1. The molecular formula is C23H27BrCl2N2O3. The Bertz CT molecular complexity index is 917. The van der Waals surface area contributed by atoms with Crippen LogP contribution in [0.3, 0.4) is 0 Å². The number of hydrogen-bond donors (Lipinski definition) is 1. The van der Waals surface area contributed by atoms with Crippen LogP contribution in [-0.2, 0) is 22.6 Å². The summed E-state index contributed by atoms with van der Waals surface area (Å²) < 4.78 is 6.52. The Kier molecular flexibility index (Phi) is 9.66. The predicted molar refractivity (Wildman–Crippen MR) is 129 cm³/mol. The Morgan fingerprint density at radius 3 is 2.32 bits per heavy atom. The second-order valence-electron chi connectivity index (χ2n) is 7.47. The summed E-state index contributed by atoms with van der Waals surface area (Å²) in [7, 11) is 0. The molecule has 0 saturated carbocycles. The van der Waals surface area contributed by atoms with Crippen molar-refractivity contribution in [2.75, 3.05) is 6.61 Å². The van der Waals surface area contributed by atoms with Gasteiger partial charge in [-0.05, 0) is 73.0 Å². The van der Waals surface area contributed by atoms with Gasteiger partial charge >= 0.3 is 0 Å². The van der Waals surface area contributed by atoms with Crippen LogP contribution >= 0.6 is 39.1 Å². The minimum Gasteiger partial charge on any atom is -0.483 e. The second-order valence-corrected chi connectivity index (χ2v) is 9.14. The van der Waals surface area contributed by atoms with Gasteiger partial charge in [0, 0.05) is 28.2 Å². The van der Waals surface area contributed by atoms with E-state index in [1.54, 1.807) is 25.1 Å². The Morgan fingerprint density at radius 2 is 1.77 bits per heavy atom. The van der Waals surface area contributed by atoms with Gasteiger partial charge in [-0.15, -0.1) is 0 Å². The molecule has 1 N–H and O–H groups in total. The number of halogens is 3. The number of hydrogen-bond acceptors (Lipinski definition) is 3. The number of carbonyl (C=O) groups excluding carboxylic acids is 2. The smallest absolute Gasteiger partial charge is 0.261 e. The zero-order chi connectivity index (χ0) is 23.1. The van der Waals surface area contributed by atoms with Gasteiger partial charge in [0.25, 0.3) is 5.91 Å². The number of carbonyl (C=O) groups is 2. The molecule has 0 aliphatic rings. The van der Waals surface area contributed by atoms with E-state index >= 15 is 0 Å². The minimum absolute atomic E-state index is 0.0555. The van der Waals surface area contributed by atoms with Crippen LogP contribution in [0.15, 0.2) is 40.9 Å². The van der Waals surface area contributed by atoms with Crippen molar-refractivity contribution in [3.63, 3.8) is 0 Å². The van der Waals surface area contributed by atoms with Gasteiger partial charge in [0.2, 0.25) is 5.91 Å². The molecule has 0 heterocycles. The average Bonchev–Trinajstić information content (AvgIpc) is 2.71. The van der Waals surface area contributed by atoms with Gasteiger partial charge in [-0.1, -0.05) is 42.3 Å². The third-order valence-corrected chi connectivity index (χ3v) is 6.07. The summed E-state index contributed by atoms with van der Waals surface area (Å²) in [5.41, 5.74) is 1.73. The Morgan fingerprint density at radius 1 is 1.13 bits per heavy atom. The molecule has 168 valence electrons. The first-order valence-electron chi connectivity index (χ1n) is 10.1. The molecule has 0 saturated heterocycles. The van der Waals surface area contributed by atoms with Crippen LogP contribution in [-0.4, -0.2) is 35.4 Å². The number of amides is 2. The first-order valence-corrected chi connectivity index (χ1v) is 11.6. The zero-order valence-electron chi connectivity index (χ0n) is 18.0.